The summed E-state index contributed by atoms with van der Waals surface area (Å²) in [6.45, 7) is 1.65. The molecule has 1 saturated heterocycles. The Hall–Kier alpha value is -1.09. The molecule has 0 aliphatic carbocycles. The van der Waals surface area contributed by atoms with Gasteiger partial charge in [0.15, 0.2) is 0 Å². The third-order valence-corrected chi connectivity index (χ3v) is 3.71. The lowest BCUT2D eigenvalue weighted by atomic mass is 9.96. The second-order valence-electron chi connectivity index (χ2n) is 4.89. The minimum Gasteiger partial charge on any atom is -0.493 e. The van der Waals surface area contributed by atoms with Crippen molar-refractivity contribution >= 4 is 0 Å². The Morgan fingerprint density at radius 2 is 2.29 bits per heavy atom. The van der Waals surface area contributed by atoms with Crippen LogP contribution in [0.5, 0.6) is 5.75 Å². The summed E-state index contributed by atoms with van der Waals surface area (Å²) in [5.74, 6) is 0.806. The van der Waals surface area contributed by atoms with Crippen molar-refractivity contribution in [2.75, 3.05) is 13.2 Å². The molecule has 1 fully saturated rings. The molecule has 2 aliphatic heterocycles. The first-order valence-electron chi connectivity index (χ1n) is 6.48. The van der Waals surface area contributed by atoms with Gasteiger partial charge in [0.1, 0.15) is 11.9 Å². The van der Waals surface area contributed by atoms with Gasteiger partial charge in [-0.25, -0.2) is 4.39 Å². The van der Waals surface area contributed by atoms with Gasteiger partial charge in [-0.2, -0.15) is 0 Å². The van der Waals surface area contributed by atoms with Crippen LogP contribution in [0.25, 0.3) is 0 Å². The first-order chi connectivity index (χ1) is 8.36. The maximum atomic E-state index is 14.5. The molecule has 1 N–H and O–H groups in total. The fraction of sp³-hybridized carbons (Fsp3) is 0.571. The minimum absolute atomic E-state index is 0.0352. The van der Waals surface area contributed by atoms with E-state index in [9.17, 15) is 4.39 Å². The van der Waals surface area contributed by atoms with Crippen molar-refractivity contribution < 1.29 is 9.13 Å². The molecule has 0 radical (unpaired) electrons. The van der Waals surface area contributed by atoms with Gasteiger partial charge in [-0.3, -0.25) is 0 Å². The highest BCUT2D eigenvalue weighted by Crippen LogP contribution is 2.37. The molecule has 0 aromatic heterocycles. The van der Waals surface area contributed by atoms with Crippen LogP contribution in [0.2, 0.25) is 0 Å². The number of halogens is 1. The lowest BCUT2D eigenvalue weighted by Crippen LogP contribution is -2.27. The first-order valence-corrected chi connectivity index (χ1v) is 6.48. The van der Waals surface area contributed by atoms with Crippen LogP contribution in [0.3, 0.4) is 0 Å². The van der Waals surface area contributed by atoms with Gasteiger partial charge in [0.25, 0.3) is 0 Å². The van der Waals surface area contributed by atoms with E-state index in [2.05, 4.69) is 5.32 Å². The number of para-hydroxylation sites is 1. The maximum absolute atomic E-state index is 14.5. The van der Waals surface area contributed by atoms with E-state index >= 15 is 0 Å². The molecular formula is C14H18FNO. The molecule has 0 bridgehead atoms. The molecule has 1 aromatic carbocycles. The summed E-state index contributed by atoms with van der Waals surface area (Å²) in [6, 6.07) is 5.83. The number of hydrogen-bond acceptors (Lipinski definition) is 2. The molecule has 2 nitrogen and oxygen atoms in total. The van der Waals surface area contributed by atoms with E-state index in [4.69, 9.17) is 4.74 Å². The van der Waals surface area contributed by atoms with Gasteiger partial charge < -0.3 is 10.1 Å². The van der Waals surface area contributed by atoms with Crippen LogP contribution in [-0.2, 0) is 6.42 Å². The van der Waals surface area contributed by atoms with Crippen LogP contribution in [0.15, 0.2) is 18.2 Å². The van der Waals surface area contributed by atoms with Gasteiger partial charge in [0, 0.05) is 11.6 Å². The van der Waals surface area contributed by atoms with Crippen LogP contribution in [0.4, 0.5) is 4.39 Å². The zero-order valence-corrected chi connectivity index (χ0v) is 9.92. The van der Waals surface area contributed by atoms with Gasteiger partial charge in [0.2, 0.25) is 0 Å². The van der Waals surface area contributed by atoms with Crippen molar-refractivity contribution in [1.29, 1.82) is 0 Å². The highest BCUT2D eigenvalue weighted by molar-refractivity contribution is 5.44. The van der Waals surface area contributed by atoms with E-state index in [0.29, 0.717) is 0 Å². The standard InChI is InChI=1S/C14H18FNO/c15-13(12-7-2-8-16-12)11-6-1-4-10-5-3-9-17-14(10)11/h1,4,6,12-13,16H,2-3,5,7-9H2. The van der Waals surface area contributed by atoms with E-state index in [1.165, 1.54) is 0 Å². The SMILES string of the molecule is FC(c1cccc2c1OCCC2)C1CCCN1. The summed E-state index contributed by atoms with van der Waals surface area (Å²) in [4.78, 5) is 0. The molecule has 2 atom stereocenters. The second-order valence-corrected chi connectivity index (χ2v) is 4.89. The Bertz CT molecular complexity index is 401. The number of nitrogens with one attached hydrogen (secondary N) is 1. The molecule has 2 aliphatic rings. The predicted molar refractivity (Wildman–Crippen MR) is 65.1 cm³/mol. The van der Waals surface area contributed by atoms with Gasteiger partial charge in [-0.05, 0) is 37.8 Å². The average Bonchev–Trinajstić information content (AvgIpc) is 2.91. The van der Waals surface area contributed by atoms with Crippen LogP contribution >= 0.6 is 0 Å². The molecule has 2 unspecified atom stereocenters. The van der Waals surface area contributed by atoms with Crippen molar-refractivity contribution in [3.63, 3.8) is 0 Å². The summed E-state index contributed by atoms with van der Waals surface area (Å²) in [7, 11) is 0. The Kier molecular flexibility index (Phi) is 3.02. The minimum atomic E-state index is -0.939. The van der Waals surface area contributed by atoms with Crippen LogP contribution in [0.1, 0.15) is 36.6 Å². The van der Waals surface area contributed by atoms with Gasteiger partial charge in [-0.15, -0.1) is 0 Å². The van der Waals surface area contributed by atoms with Crippen molar-refractivity contribution in [3.05, 3.63) is 29.3 Å². The fourth-order valence-electron chi connectivity index (χ4n) is 2.81. The summed E-state index contributed by atoms with van der Waals surface area (Å²) >= 11 is 0. The average molecular weight is 235 g/mol. The third kappa shape index (κ3) is 2.04. The van der Waals surface area contributed by atoms with Crippen LogP contribution in [-0.4, -0.2) is 19.2 Å². The molecule has 1 aromatic rings. The Labute approximate surface area is 101 Å². The third-order valence-electron chi connectivity index (χ3n) is 3.71. The molecule has 2 heterocycles. The summed E-state index contributed by atoms with van der Waals surface area (Å²) in [6.07, 6.45) is 3.10. The van der Waals surface area contributed by atoms with Crippen molar-refractivity contribution in [2.24, 2.45) is 0 Å². The molecular weight excluding hydrogens is 217 g/mol. The van der Waals surface area contributed by atoms with Crippen LogP contribution in [0, 0.1) is 0 Å². The van der Waals surface area contributed by atoms with Gasteiger partial charge in [-0.1, -0.05) is 18.2 Å². The lowest BCUT2D eigenvalue weighted by Gasteiger charge is -2.24. The number of benzene rings is 1. The number of hydrogen-bond donors (Lipinski definition) is 1. The summed E-state index contributed by atoms with van der Waals surface area (Å²) < 4.78 is 20.2. The smallest absolute Gasteiger partial charge is 0.144 e. The predicted octanol–water partition coefficient (Wildman–Crippen LogP) is 2.77. The number of fused-ring (bicyclic) bond motifs is 1. The van der Waals surface area contributed by atoms with Crippen LogP contribution < -0.4 is 10.1 Å². The van der Waals surface area contributed by atoms with E-state index in [1.807, 2.05) is 18.2 Å². The quantitative estimate of drug-likeness (QED) is 0.851. The molecule has 17 heavy (non-hydrogen) atoms. The molecule has 0 amide bonds. The molecule has 0 saturated carbocycles. The van der Waals surface area contributed by atoms with Crippen molar-refractivity contribution in [1.82, 2.24) is 5.32 Å². The number of alkyl halides is 1. The molecule has 3 rings (SSSR count). The zero-order valence-electron chi connectivity index (χ0n) is 9.92. The first kappa shape index (κ1) is 11.0. The Balaban J connectivity index is 1.91. The summed E-state index contributed by atoms with van der Waals surface area (Å²) in [5, 5.41) is 3.23. The van der Waals surface area contributed by atoms with Crippen molar-refractivity contribution in [3.8, 4) is 5.75 Å². The molecule has 0 spiro atoms. The Morgan fingerprint density at radius 1 is 1.35 bits per heavy atom. The fourth-order valence-corrected chi connectivity index (χ4v) is 2.81. The molecule has 92 valence electrons. The number of aryl methyl sites for hydroxylation is 1. The van der Waals surface area contributed by atoms with E-state index in [1.54, 1.807) is 0 Å². The van der Waals surface area contributed by atoms with E-state index in [-0.39, 0.29) is 6.04 Å². The monoisotopic (exact) mass is 235 g/mol. The number of rotatable bonds is 2. The topological polar surface area (TPSA) is 21.3 Å². The highest BCUT2D eigenvalue weighted by Gasteiger charge is 2.29. The Morgan fingerprint density at radius 3 is 3.12 bits per heavy atom. The summed E-state index contributed by atoms with van der Waals surface area (Å²) in [5.41, 5.74) is 1.90. The zero-order chi connectivity index (χ0) is 11.7. The maximum Gasteiger partial charge on any atom is 0.144 e. The molecule has 3 heteroatoms. The largest absolute Gasteiger partial charge is 0.493 e. The van der Waals surface area contributed by atoms with Gasteiger partial charge >= 0.3 is 0 Å². The normalized spacial score (nSPS) is 25.1. The lowest BCUT2D eigenvalue weighted by molar-refractivity contribution is 0.242. The van der Waals surface area contributed by atoms with E-state index in [0.717, 1.165) is 55.7 Å². The number of ether oxygens (including phenoxy) is 1. The van der Waals surface area contributed by atoms with Crippen molar-refractivity contribution in [2.45, 2.75) is 37.9 Å². The van der Waals surface area contributed by atoms with E-state index < -0.39 is 6.17 Å². The highest BCUT2D eigenvalue weighted by atomic mass is 19.1. The van der Waals surface area contributed by atoms with Gasteiger partial charge in [0.05, 0.1) is 6.61 Å². The second kappa shape index (κ2) is 4.65.